The Kier molecular flexibility index (Phi) is 5.88. The summed E-state index contributed by atoms with van der Waals surface area (Å²) in [4.78, 5) is 13.7. The number of aliphatic hydroxyl groups excluding tert-OH is 1. The number of hydrogen-bond donors (Lipinski definition) is 2. The summed E-state index contributed by atoms with van der Waals surface area (Å²) < 4.78 is 5.66. The predicted molar refractivity (Wildman–Crippen MR) is 90.8 cm³/mol. The van der Waals surface area contributed by atoms with E-state index in [2.05, 4.69) is 38.2 Å². The molecule has 1 atom stereocenters. The molecule has 23 heavy (non-hydrogen) atoms. The van der Waals surface area contributed by atoms with E-state index >= 15 is 0 Å². The first-order chi connectivity index (χ1) is 10.9. The Morgan fingerprint density at radius 1 is 1.35 bits per heavy atom. The van der Waals surface area contributed by atoms with Gasteiger partial charge < -0.3 is 20.1 Å². The number of benzene rings is 1. The molecule has 0 saturated carbocycles. The van der Waals surface area contributed by atoms with Crippen LogP contribution >= 0.6 is 0 Å². The number of carbonyl (C=O) groups excluding carboxylic acids is 1. The molecule has 2 amide bonds. The van der Waals surface area contributed by atoms with Crippen molar-refractivity contribution >= 4 is 6.03 Å². The van der Waals surface area contributed by atoms with Crippen LogP contribution in [0.2, 0.25) is 0 Å². The molecule has 0 radical (unpaired) electrons. The van der Waals surface area contributed by atoms with Gasteiger partial charge in [-0.3, -0.25) is 0 Å². The Balaban J connectivity index is 1.68. The van der Waals surface area contributed by atoms with Gasteiger partial charge in [-0.1, -0.05) is 32.9 Å². The Labute approximate surface area is 138 Å². The summed E-state index contributed by atoms with van der Waals surface area (Å²) in [5, 5.41) is 12.0. The lowest BCUT2D eigenvalue weighted by Gasteiger charge is -2.19. The minimum atomic E-state index is -0.0763. The highest BCUT2D eigenvalue weighted by Gasteiger charge is 2.25. The number of nitrogens with zero attached hydrogens (tertiary/aromatic N) is 1. The molecule has 2 rings (SSSR count). The lowest BCUT2D eigenvalue weighted by atomic mass is 9.87. The van der Waals surface area contributed by atoms with E-state index in [9.17, 15) is 4.79 Å². The maximum atomic E-state index is 12.0. The zero-order chi connectivity index (χ0) is 16.9. The SMILES string of the molecule is CC(C)(C)c1ccc(OCCNC(=O)N2CCC(CO)C2)cc1. The van der Waals surface area contributed by atoms with E-state index in [1.54, 1.807) is 4.90 Å². The van der Waals surface area contributed by atoms with Crippen LogP contribution in [0.4, 0.5) is 4.79 Å². The topological polar surface area (TPSA) is 61.8 Å². The number of aliphatic hydroxyl groups is 1. The quantitative estimate of drug-likeness (QED) is 0.819. The van der Waals surface area contributed by atoms with Crippen LogP contribution in [0, 0.1) is 5.92 Å². The molecule has 0 spiro atoms. The van der Waals surface area contributed by atoms with Gasteiger partial charge in [-0.05, 0) is 29.5 Å². The van der Waals surface area contributed by atoms with E-state index in [1.807, 2.05) is 12.1 Å². The number of nitrogens with one attached hydrogen (secondary N) is 1. The van der Waals surface area contributed by atoms with E-state index in [-0.39, 0.29) is 24.0 Å². The van der Waals surface area contributed by atoms with Crippen LogP contribution in [0.25, 0.3) is 0 Å². The second-order valence-electron chi connectivity index (χ2n) is 7.14. The first kappa shape index (κ1) is 17.6. The molecule has 1 heterocycles. The molecule has 1 aliphatic heterocycles. The van der Waals surface area contributed by atoms with Crippen LogP contribution < -0.4 is 10.1 Å². The Morgan fingerprint density at radius 3 is 2.61 bits per heavy atom. The van der Waals surface area contributed by atoms with Crippen molar-refractivity contribution in [1.29, 1.82) is 0 Å². The standard InChI is InChI=1S/C18H28N2O3/c1-18(2,3)15-4-6-16(7-5-15)23-11-9-19-17(22)20-10-8-14(12-20)13-21/h4-7,14,21H,8-13H2,1-3H3,(H,19,22). The molecule has 1 saturated heterocycles. The average molecular weight is 320 g/mol. The number of rotatable bonds is 5. The fourth-order valence-corrected chi connectivity index (χ4v) is 2.66. The molecule has 0 aliphatic carbocycles. The first-order valence-electron chi connectivity index (χ1n) is 8.27. The van der Waals surface area contributed by atoms with Crippen LogP contribution in [0.5, 0.6) is 5.75 Å². The largest absolute Gasteiger partial charge is 0.492 e. The van der Waals surface area contributed by atoms with Gasteiger partial charge in [0.05, 0.1) is 6.54 Å². The third-order valence-electron chi connectivity index (χ3n) is 4.20. The van der Waals surface area contributed by atoms with Gasteiger partial charge in [-0.25, -0.2) is 4.79 Å². The van der Waals surface area contributed by atoms with E-state index in [0.29, 0.717) is 26.2 Å². The third-order valence-corrected chi connectivity index (χ3v) is 4.20. The van der Waals surface area contributed by atoms with Crippen molar-refractivity contribution in [2.75, 3.05) is 32.8 Å². The zero-order valence-corrected chi connectivity index (χ0v) is 14.3. The molecule has 2 N–H and O–H groups in total. The summed E-state index contributed by atoms with van der Waals surface area (Å²) in [6.45, 7) is 8.95. The van der Waals surface area contributed by atoms with Crippen LogP contribution in [0.3, 0.4) is 0 Å². The maximum Gasteiger partial charge on any atom is 0.317 e. The Bertz CT molecular complexity index is 508. The molecule has 0 bridgehead atoms. The minimum absolute atomic E-state index is 0.0763. The molecule has 1 aliphatic rings. The summed E-state index contributed by atoms with van der Waals surface area (Å²) in [7, 11) is 0. The van der Waals surface area contributed by atoms with Crippen molar-refractivity contribution in [2.24, 2.45) is 5.92 Å². The maximum absolute atomic E-state index is 12.0. The summed E-state index contributed by atoms with van der Waals surface area (Å²) in [6, 6.07) is 8.01. The van der Waals surface area contributed by atoms with E-state index < -0.39 is 0 Å². The van der Waals surface area contributed by atoms with Crippen molar-refractivity contribution in [3.05, 3.63) is 29.8 Å². The van der Waals surface area contributed by atoms with Gasteiger partial charge in [0.15, 0.2) is 0 Å². The molecular weight excluding hydrogens is 292 g/mol. The van der Waals surface area contributed by atoms with E-state index in [1.165, 1.54) is 5.56 Å². The van der Waals surface area contributed by atoms with Gasteiger partial charge in [0.2, 0.25) is 0 Å². The van der Waals surface area contributed by atoms with E-state index in [4.69, 9.17) is 9.84 Å². The van der Waals surface area contributed by atoms with Gasteiger partial charge in [0.25, 0.3) is 0 Å². The van der Waals surface area contributed by atoms with Gasteiger partial charge in [0, 0.05) is 25.6 Å². The number of hydrogen-bond acceptors (Lipinski definition) is 3. The molecular formula is C18H28N2O3. The van der Waals surface area contributed by atoms with Crippen molar-refractivity contribution < 1.29 is 14.6 Å². The first-order valence-corrected chi connectivity index (χ1v) is 8.27. The second-order valence-corrected chi connectivity index (χ2v) is 7.14. The number of likely N-dealkylation sites (tertiary alicyclic amines) is 1. The summed E-state index contributed by atoms with van der Waals surface area (Å²) >= 11 is 0. The van der Waals surface area contributed by atoms with Gasteiger partial charge in [0.1, 0.15) is 12.4 Å². The molecule has 0 aromatic heterocycles. The minimum Gasteiger partial charge on any atom is -0.492 e. The highest BCUT2D eigenvalue weighted by molar-refractivity contribution is 5.74. The zero-order valence-electron chi connectivity index (χ0n) is 14.3. The molecule has 5 nitrogen and oxygen atoms in total. The van der Waals surface area contributed by atoms with Gasteiger partial charge >= 0.3 is 6.03 Å². The molecule has 1 aromatic rings. The van der Waals surface area contributed by atoms with Crippen molar-refractivity contribution in [1.82, 2.24) is 10.2 Å². The summed E-state index contributed by atoms with van der Waals surface area (Å²) in [5.41, 5.74) is 1.40. The number of carbonyl (C=O) groups is 1. The van der Waals surface area contributed by atoms with Gasteiger partial charge in [-0.15, -0.1) is 0 Å². The number of ether oxygens (including phenoxy) is 1. The number of urea groups is 1. The molecule has 128 valence electrons. The number of amides is 2. The summed E-state index contributed by atoms with van der Waals surface area (Å²) in [5.74, 6) is 1.03. The predicted octanol–water partition coefficient (Wildman–Crippen LogP) is 2.39. The average Bonchev–Trinajstić information content (AvgIpc) is 3.00. The smallest absolute Gasteiger partial charge is 0.317 e. The second kappa shape index (κ2) is 7.68. The third kappa shape index (κ3) is 5.13. The van der Waals surface area contributed by atoms with Crippen LogP contribution in [0.15, 0.2) is 24.3 Å². The van der Waals surface area contributed by atoms with E-state index in [0.717, 1.165) is 12.2 Å². The molecule has 1 fully saturated rings. The molecule has 5 heteroatoms. The van der Waals surface area contributed by atoms with Gasteiger partial charge in [-0.2, -0.15) is 0 Å². The fraction of sp³-hybridized carbons (Fsp3) is 0.611. The highest BCUT2D eigenvalue weighted by Crippen LogP contribution is 2.24. The Hall–Kier alpha value is -1.75. The lowest BCUT2D eigenvalue weighted by Crippen LogP contribution is -2.40. The van der Waals surface area contributed by atoms with Crippen molar-refractivity contribution in [3.8, 4) is 5.75 Å². The van der Waals surface area contributed by atoms with Crippen molar-refractivity contribution in [3.63, 3.8) is 0 Å². The van der Waals surface area contributed by atoms with Crippen LogP contribution in [-0.4, -0.2) is 48.9 Å². The van der Waals surface area contributed by atoms with Crippen molar-refractivity contribution in [2.45, 2.75) is 32.6 Å². The normalized spacial score (nSPS) is 18.1. The Morgan fingerprint density at radius 2 is 2.04 bits per heavy atom. The highest BCUT2D eigenvalue weighted by atomic mass is 16.5. The molecule has 1 aromatic carbocycles. The van der Waals surface area contributed by atoms with Crippen LogP contribution in [-0.2, 0) is 5.41 Å². The fourth-order valence-electron chi connectivity index (χ4n) is 2.66. The monoisotopic (exact) mass is 320 g/mol. The summed E-state index contributed by atoms with van der Waals surface area (Å²) in [6.07, 6.45) is 0.876. The van der Waals surface area contributed by atoms with Crippen LogP contribution in [0.1, 0.15) is 32.8 Å². The lowest BCUT2D eigenvalue weighted by molar-refractivity contribution is 0.195. The molecule has 1 unspecified atom stereocenters.